The fourth-order valence-corrected chi connectivity index (χ4v) is 4.39. The molecule has 3 aromatic heterocycles. The van der Waals surface area contributed by atoms with Crippen molar-refractivity contribution in [2.75, 3.05) is 11.1 Å². The van der Waals surface area contributed by atoms with E-state index < -0.39 is 0 Å². The summed E-state index contributed by atoms with van der Waals surface area (Å²) in [7, 11) is 1.82. The topological polar surface area (TPSA) is 94.2 Å². The van der Waals surface area contributed by atoms with E-state index in [1.165, 1.54) is 11.8 Å². The number of nitrogens with one attached hydrogen (secondary N) is 1. The monoisotopic (exact) mass is 482 g/mol. The van der Waals surface area contributed by atoms with E-state index >= 15 is 0 Å². The maximum absolute atomic E-state index is 13.1. The number of anilines is 1. The molecule has 4 aromatic rings. The van der Waals surface area contributed by atoms with Gasteiger partial charge in [-0.05, 0) is 50.1 Å². The molecule has 170 valence electrons. The third kappa shape index (κ3) is 4.65. The fourth-order valence-electron chi connectivity index (χ4n) is 3.49. The van der Waals surface area contributed by atoms with Gasteiger partial charge in [0, 0.05) is 41.6 Å². The zero-order chi connectivity index (χ0) is 23.7. The Morgan fingerprint density at radius 3 is 2.73 bits per heavy atom. The lowest BCUT2D eigenvalue weighted by atomic mass is 10.1. The SMILES string of the molecule is Cc1nc2c(C)cccn2c(=O)c1Cc1nnc(SCC(=O)Nc2cccc(Cl)c2C)n1C. The molecular weight excluding hydrogens is 460 g/mol. The quantitative estimate of drug-likeness (QED) is 0.421. The summed E-state index contributed by atoms with van der Waals surface area (Å²) in [5, 5.41) is 12.5. The number of hydrogen-bond acceptors (Lipinski definition) is 6. The average molecular weight is 483 g/mol. The van der Waals surface area contributed by atoms with Gasteiger partial charge in [0.05, 0.1) is 5.75 Å². The molecule has 0 bridgehead atoms. The third-order valence-electron chi connectivity index (χ3n) is 5.48. The van der Waals surface area contributed by atoms with E-state index in [1.807, 2.05) is 46.0 Å². The van der Waals surface area contributed by atoms with E-state index in [9.17, 15) is 9.59 Å². The molecule has 4 rings (SSSR count). The summed E-state index contributed by atoms with van der Waals surface area (Å²) in [6.45, 7) is 5.61. The zero-order valence-corrected chi connectivity index (χ0v) is 20.3. The second kappa shape index (κ2) is 9.36. The van der Waals surface area contributed by atoms with Crippen LogP contribution in [0.3, 0.4) is 0 Å². The number of hydrogen-bond donors (Lipinski definition) is 1. The van der Waals surface area contributed by atoms with Crippen molar-refractivity contribution in [3.63, 3.8) is 0 Å². The Hall–Kier alpha value is -3.17. The summed E-state index contributed by atoms with van der Waals surface area (Å²) in [5.74, 6) is 0.618. The standard InChI is InChI=1S/C23H23ClN6O2S/c1-13-7-6-10-30-21(13)25-15(3)16(22(30)32)11-19-27-28-23(29(19)4)33-12-20(31)26-18-9-5-8-17(24)14(18)2/h5-10H,11-12H2,1-4H3,(H,26,31). The minimum absolute atomic E-state index is 0.116. The van der Waals surface area contributed by atoms with Crippen molar-refractivity contribution in [1.29, 1.82) is 0 Å². The normalized spacial score (nSPS) is 11.2. The Balaban J connectivity index is 1.49. The van der Waals surface area contributed by atoms with E-state index in [-0.39, 0.29) is 17.2 Å². The number of aryl methyl sites for hydroxylation is 2. The van der Waals surface area contributed by atoms with Crippen molar-refractivity contribution in [2.24, 2.45) is 7.05 Å². The second-order valence-corrected chi connectivity index (χ2v) is 9.10. The molecule has 10 heteroatoms. The van der Waals surface area contributed by atoms with Gasteiger partial charge in [0.2, 0.25) is 5.91 Å². The molecule has 0 aliphatic heterocycles. The summed E-state index contributed by atoms with van der Waals surface area (Å²) in [4.78, 5) is 30.1. The summed E-state index contributed by atoms with van der Waals surface area (Å²) in [6.07, 6.45) is 2.02. The van der Waals surface area contributed by atoms with E-state index in [0.29, 0.717) is 45.0 Å². The van der Waals surface area contributed by atoms with Gasteiger partial charge in [-0.15, -0.1) is 10.2 Å². The van der Waals surface area contributed by atoms with Crippen LogP contribution in [0.25, 0.3) is 5.65 Å². The van der Waals surface area contributed by atoms with Crippen LogP contribution < -0.4 is 10.9 Å². The maximum atomic E-state index is 13.1. The van der Waals surface area contributed by atoms with Gasteiger partial charge in [-0.3, -0.25) is 14.0 Å². The first-order valence-corrected chi connectivity index (χ1v) is 11.7. The molecule has 0 fully saturated rings. The Labute approximate surface area is 200 Å². The largest absolute Gasteiger partial charge is 0.325 e. The number of fused-ring (bicyclic) bond motifs is 1. The number of benzene rings is 1. The molecule has 0 aliphatic rings. The van der Waals surface area contributed by atoms with Crippen LogP contribution in [0, 0.1) is 20.8 Å². The molecule has 33 heavy (non-hydrogen) atoms. The predicted octanol–water partition coefficient (Wildman–Crippen LogP) is 3.72. The number of carbonyl (C=O) groups excluding carboxylic acids is 1. The van der Waals surface area contributed by atoms with E-state index in [2.05, 4.69) is 20.5 Å². The van der Waals surface area contributed by atoms with Crippen LogP contribution in [0.5, 0.6) is 0 Å². The number of amides is 1. The number of thioether (sulfide) groups is 1. The van der Waals surface area contributed by atoms with Gasteiger partial charge in [-0.2, -0.15) is 0 Å². The van der Waals surface area contributed by atoms with Crippen molar-refractivity contribution in [1.82, 2.24) is 24.1 Å². The maximum Gasteiger partial charge on any atom is 0.261 e. The molecule has 1 amide bonds. The van der Waals surface area contributed by atoms with Gasteiger partial charge in [0.25, 0.3) is 5.56 Å². The number of pyridine rings is 1. The van der Waals surface area contributed by atoms with Crippen LogP contribution in [-0.2, 0) is 18.3 Å². The molecule has 1 aromatic carbocycles. The second-order valence-electron chi connectivity index (χ2n) is 7.75. The summed E-state index contributed by atoms with van der Waals surface area (Å²) >= 11 is 7.39. The lowest BCUT2D eigenvalue weighted by Crippen LogP contribution is -2.23. The zero-order valence-electron chi connectivity index (χ0n) is 18.7. The predicted molar refractivity (Wildman–Crippen MR) is 130 cm³/mol. The highest BCUT2D eigenvalue weighted by atomic mass is 35.5. The van der Waals surface area contributed by atoms with E-state index in [1.54, 1.807) is 27.3 Å². The van der Waals surface area contributed by atoms with Crippen molar-refractivity contribution in [3.05, 3.63) is 80.1 Å². The third-order valence-corrected chi connectivity index (χ3v) is 6.91. The van der Waals surface area contributed by atoms with E-state index in [0.717, 1.165) is 11.1 Å². The Morgan fingerprint density at radius 1 is 1.15 bits per heavy atom. The highest BCUT2D eigenvalue weighted by molar-refractivity contribution is 7.99. The van der Waals surface area contributed by atoms with Crippen molar-refractivity contribution >= 4 is 40.6 Å². The Bertz CT molecular complexity index is 1430. The van der Waals surface area contributed by atoms with Gasteiger partial charge in [0.15, 0.2) is 5.16 Å². The number of aromatic nitrogens is 5. The molecule has 0 atom stereocenters. The van der Waals surface area contributed by atoms with Gasteiger partial charge >= 0.3 is 0 Å². The molecule has 0 radical (unpaired) electrons. The highest BCUT2D eigenvalue weighted by Crippen LogP contribution is 2.24. The smallest absolute Gasteiger partial charge is 0.261 e. The van der Waals surface area contributed by atoms with E-state index in [4.69, 9.17) is 11.6 Å². The number of nitrogens with zero attached hydrogens (tertiary/aromatic N) is 5. The van der Waals surface area contributed by atoms with Crippen LogP contribution in [0.4, 0.5) is 5.69 Å². The molecule has 0 unspecified atom stereocenters. The summed E-state index contributed by atoms with van der Waals surface area (Å²) in [6, 6.07) is 9.14. The first kappa shape index (κ1) is 23.0. The van der Waals surface area contributed by atoms with Crippen LogP contribution in [0.1, 0.15) is 28.2 Å². The molecule has 0 aliphatic carbocycles. The number of halogens is 1. The fraction of sp³-hybridized carbons (Fsp3) is 0.261. The Kier molecular flexibility index (Phi) is 6.53. The van der Waals surface area contributed by atoms with Gasteiger partial charge < -0.3 is 9.88 Å². The van der Waals surface area contributed by atoms with Crippen molar-refractivity contribution < 1.29 is 4.79 Å². The first-order chi connectivity index (χ1) is 15.8. The van der Waals surface area contributed by atoms with Crippen molar-refractivity contribution in [3.8, 4) is 0 Å². The molecule has 1 N–H and O–H groups in total. The summed E-state index contributed by atoms with van der Waals surface area (Å²) in [5.41, 5.74) is 4.21. The number of carbonyl (C=O) groups is 1. The van der Waals surface area contributed by atoms with Gasteiger partial charge in [-0.1, -0.05) is 35.5 Å². The number of rotatable bonds is 6. The molecule has 0 saturated carbocycles. The lowest BCUT2D eigenvalue weighted by molar-refractivity contribution is -0.113. The van der Waals surface area contributed by atoms with Crippen LogP contribution in [-0.4, -0.2) is 35.8 Å². The van der Waals surface area contributed by atoms with Crippen LogP contribution >= 0.6 is 23.4 Å². The molecule has 0 saturated heterocycles. The molecule has 0 spiro atoms. The minimum atomic E-state index is -0.168. The minimum Gasteiger partial charge on any atom is -0.325 e. The van der Waals surface area contributed by atoms with Crippen molar-refractivity contribution in [2.45, 2.75) is 32.3 Å². The molecule has 3 heterocycles. The first-order valence-electron chi connectivity index (χ1n) is 10.3. The lowest BCUT2D eigenvalue weighted by Gasteiger charge is -2.10. The Morgan fingerprint density at radius 2 is 1.94 bits per heavy atom. The average Bonchev–Trinajstić information content (AvgIpc) is 3.13. The van der Waals surface area contributed by atoms with Gasteiger partial charge in [0.1, 0.15) is 11.5 Å². The van der Waals surface area contributed by atoms with Gasteiger partial charge in [-0.25, -0.2) is 4.98 Å². The highest BCUT2D eigenvalue weighted by Gasteiger charge is 2.17. The summed E-state index contributed by atoms with van der Waals surface area (Å²) < 4.78 is 3.36. The molecular formula is C23H23ClN6O2S. The van der Waals surface area contributed by atoms with Crippen LogP contribution in [0.15, 0.2) is 46.5 Å². The van der Waals surface area contributed by atoms with Crippen LogP contribution in [0.2, 0.25) is 5.02 Å². The molecule has 8 nitrogen and oxygen atoms in total.